The lowest BCUT2D eigenvalue weighted by Gasteiger charge is -2.21. The van der Waals surface area contributed by atoms with Gasteiger partial charge in [-0.25, -0.2) is 9.59 Å². The molecule has 8 heteroatoms. The number of carboxylic acids is 1. The standard InChI is InChI=1S/C17H21NO7/c1-17(2,3)25-16(23)18-12(15(21)22)9-14(20)24-10-13(19)11-7-5-4-6-8-11/h4-8,12H,9-10H2,1-3H3,(H,18,23)(H,21,22)/t12-/m0/s1. The van der Waals surface area contributed by atoms with Crippen molar-refractivity contribution in [1.82, 2.24) is 5.32 Å². The third-order valence-electron chi connectivity index (χ3n) is 2.82. The molecule has 0 fully saturated rings. The molecule has 2 N–H and O–H groups in total. The molecule has 1 aromatic rings. The second-order valence-electron chi connectivity index (χ2n) is 6.19. The van der Waals surface area contributed by atoms with E-state index in [1.807, 2.05) is 0 Å². The van der Waals surface area contributed by atoms with Crippen molar-refractivity contribution in [1.29, 1.82) is 0 Å². The molecule has 0 unspecified atom stereocenters. The fraction of sp³-hybridized carbons (Fsp3) is 0.412. The van der Waals surface area contributed by atoms with E-state index in [4.69, 9.17) is 14.6 Å². The SMILES string of the molecule is CC(C)(C)OC(=O)N[C@@H](CC(=O)OCC(=O)c1ccccc1)C(=O)O. The van der Waals surface area contributed by atoms with E-state index in [0.29, 0.717) is 5.56 Å². The van der Waals surface area contributed by atoms with E-state index in [1.165, 1.54) is 0 Å². The number of aliphatic carboxylic acids is 1. The van der Waals surface area contributed by atoms with Gasteiger partial charge >= 0.3 is 18.0 Å². The van der Waals surface area contributed by atoms with Crippen LogP contribution < -0.4 is 5.32 Å². The Morgan fingerprint density at radius 3 is 2.24 bits per heavy atom. The van der Waals surface area contributed by atoms with E-state index in [9.17, 15) is 19.2 Å². The molecule has 1 amide bonds. The molecule has 0 saturated heterocycles. The molecule has 0 aliphatic carbocycles. The molecule has 136 valence electrons. The Kier molecular flexibility index (Phi) is 7.10. The number of carbonyl (C=O) groups excluding carboxylic acids is 3. The summed E-state index contributed by atoms with van der Waals surface area (Å²) >= 11 is 0. The van der Waals surface area contributed by atoms with E-state index >= 15 is 0 Å². The quantitative estimate of drug-likeness (QED) is 0.567. The van der Waals surface area contributed by atoms with Gasteiger partial charge in [0.25, 0.3) is 0 Å². The summed E-state index contributed by atoms with van der Waals surface area (Å²) in [6.07, 6.45) is -1.59. The van der Waals surface area contributed by atoms with Gasteiger partial charge < -0.3 is 19.9 Å². The van der Waals surface area contributed by atoms with Crippen LogP contribution in [0.25, 0.3) is 0 Å². The van der Waals surface area contributed by atoms with Crippen LogP contribution in [-0.4, -0.2) is 47.2 Å². The molecule has 0 aromatic heterocycles. The lowest BCUT2D eigenvalue weighted by atomic mass is 10.1. The molecule has 0 bridgehead atoms. The highest BCUT2D eigenvalue weighted by Crippen LogP contribution is 2.08. The molecule has 0 spiro atoms. The molecule has 25 heavy (non-hydrogen) atoms. The van der Waals surface area contributed by atoms with Gasteiger partial charge in [-0.1, -0.05) is 30.3 Å². The summed E-state index contributed by atoms with van der Waals surface area (Å²) in [5.74, 6) is -2.76. The number of nitrogens with one attached hydrogen (secondary N) is 1. The number of hydrogen-bond acceptors (Lipinski definition) is 6. The highest BCUT2D eigenvalue weighted by molar-refractivity contribution is 5.98. The maximum Gasteiger partial charge on any atom is 0.408 e. The maximum atomic E-state index is 11.8. The van der Waals surface area contributed by atoms with Crippen LogP contribution in [0.3, 0.4) is 0 Å². The average Bonchev–Trinajstić information content (AvgIpc) is 2.51. The number of Topliss-reactive ketones (excluding diaryl/α,β-unsaturated/α-hetero) is 1. The first-order chi connectivity index (χ1) is 11.6. The van der Waals surface area contributed by atoms with Crippen molar-refractivity contribution in [3.63, 3.8) is 0 Å². The van der Waals surface area contributed by atoms with E-state index < -0.39 is 48.5 Å². The first-order valence-corrected chi connectivity index (χ1v) is 7.54. The fourth-order valence-corrected chi connectivity index (χ4v) is 1.73. The minimum absolute atomic E-state index is 0.372. The number of carboxylic acid groups (broad SMARTS) is 1. The highest BCUT2D eigenvalue weighted by Gasteiger charge is 2.27. The zero-order valence-electron chi connectivity index (χ0n) is 14.3. The average molecular weight is 351 g/mol. The van der Waals surface area contributed by atoms with E-state index in [-0.39, 0.29) is 0 Å². The van der Waals surface area contributed by atoms with Crippen LogP contribution in [0.4, 0.5) is 4.79 Å². The molecule has 1 rings (SSSR count). The Balaban J connectivity index is 2.52. The van der Waals surface area contributed by atoms with Crippen molar-refractivity contribution < 1.29 is 33.8 Å². The smallest absolute Gasteiger partial charge is 0.408 e. The molecule has 0 heterocycles. The molecule has 0 saturated carbocycles. The number of esters is 1. The van der Waals surface area contributed by atoms with Crippen LogP contribution in [-0.2, 0) is 19.1 Å². The Hall–Kier alpha value is -2.90. The van der Waals surface area contributed by atoms with Crippen molar-refractivity contribution in [2.45, 2.75) is 38.8 Å². The predicted molar refractivity (Wildman–Crippen MR) is 87.1 cm³/mol. The summed E-state index contributed by atoms with van der Waals surface area (Å²) in [4.78, 5) is 46.3. The largest absolute Gasteiger partial charge is 0.480 e. The van der Waals surface area contributed by atoms with Gasteiger partial charge in [-0.3, -0.25) is 9.59 Å². The zero-order chi connectivity index (χ0) is 19.0. The van der Waals surface area contributed by atoms with Gasteiger partial charge in [-0.2, -0.15) is 0 Å². The Morgan fingerprint density at radius 2 is 1.72 bits per heavy atom. The van der Waals surface area contributed by atoms with Crippen LogP contribution in [0.2, 0.25) is 0 Å². The molecular weight excluding hydrogens is 330 g/mol. The Morgan fingerprint density at radius 1 is 1.12 bits per heavy atom. The Bertz CT molecular complexity index is 634. The minimum Gasteiger partial charge on any atom is -0.480 e. The summed E-state index contributed by atoms with van der Waals surface area (Å²) in [7, 11) is 0. The van der Waals surface area contributed by atoms with Crippen LogP contribution in [0.1, 0.15) is 37.6 Å². The second-order valence-corrected chi connectivity index (χ2v) is 6.19. The summed E-state index contributed by atoms with van der Waals surface area (Å²) in [5.41, 5.74) is -0.438. The van der Waals surface area contributed by atoms with Crippen molar-refractivity contribution in [3.05, 3.63) is 35.9 Å². The van der Waals surface area contributed by atoms with Crippen LogP contribution in [0.15, 0.2) is 30.3 Å². The third kappa shape index (κ3) is 7.96. The van der Waals surface area contributed by atoms with E-state index in [1.54, 1.807) is 51.1 Å². The number of ketones is 1. The molecule has 8 nitrogen and oxygen atoms in total. The van der Waals surface area contributed by atoms with Crippen molar-refractivity contribution in [2.75, 3.05) is 6.61 Å². The molecule has 1 aromatic carbocycles. The lowest BCUT2D eigenvalue weighted by Crippen LogP contribution is -2.44. The van der Waals surface area contributed by atoms with E-state index in [0.717, 1.165) is 0 Å². The summed E-state index contributed by atoms with van der Waals surface area (Å²) in [5, 5.41) is 11.2. The van der Waals surface area contributed by atoms with Gasteiger partial charge in [0.05, 0.1) is 6.42 Å². The number of hydrogen-bond donors (Lipinski definition) is 2. The molecule has 1 atom stereocenters. The molecule has 0 radical (unpaired) electrons. The zero-order valence-corrected chi connectivity index (χ0v) is 14.3. The van der Waals surface area contributed by atoms with Gasteiger partial charge in [0.15, 0.2) is 12.4 Å². The highest BCUT2D eigenvalue weighted by atomic mass is 16.6. The number of rotatable bonds is 7. The monoisotopic (exact) mass is 351 g/mol. The fourth-order valence-electron chi connectivity index (χ4n) is 1.73. The normalized spacial score (nSPS) is 12.0. The van der Waals surface area contributed by atoms with Crippen molar-refractivity contribution in [2.24, 2.45) is 0 Å². The van der Waals surface area contributed by atoms with Gasteiger partial charge in [0, 0.05) is 5.56 Å². The van der Waals surface area contributed by atoms with Crippen LogP contribution in [0.5, 0.6) is 0 Å². The topological polar surface area (TPSA) is 119 Å². The lowest BCUT2D eigenvalue weighted by molar-refractivity contribution is -0.148. The number of benzene rings is 1. The summed E-state index contributed by atoms with van der Waals surface area (Å²) in [6.45, 7) is 4.34. The van der Waals surface area contributed by atoms with Gasteiger partial charge in [0.1, 0.15) is 11.6 Å². The van der Waals surface area contributed by atoms with Crippen molar-refractivity contribution in [3.8, 4) is 0 Å². The molecular formula is C17H21NO7. The Labute approximate surface area is 145 Å². The first-order valence-electron chi connectivity index (χ1n) is 7.54. The van der Waals surface area contributed by atoms with Gasteiger partial charge in [0.2, 0.25) is 0 Å². The van der Waals surface area contributed by atoms with Crippen LogP contribution >= 0.6 is 0 Å². The number of ether oxygens (including phenoxy) is 2. The molecule has 0 aliphatic rings. The number of alkyl carbamates (subject to hydrolysis) is 1. The maximum absolute atomic E-state index is 11.8. The second kappa shape index (κ2) is 8.81. The number of amides is 1. The van der Waals surface area contributed by atoms with E-state index in [2.05, 4.69) is 5.32 Å². The molecule has 0 aliphatic heterocycles. The minimum atomic E-state index is -1.52. The van der Waals surface area contributed by atoms with Crippen molar-refractivity contribution >= 4 is 23.8 Å². The first kappa shape index (κ1) is 20.1. The summed E-state index contributed by atoms with van der Waals surface area (Å²) < 4.78 is 9.71. The third-order valence-corrected chi connectivity index (χ3v) is 2.82. The van der Waals surface area contributed by atoms with Crippen LogP contribution in [0, 0.1) is 0 Å². The predicted octanol–water partition coefficient (Wildman–Crippen LogP) is 1.78. The van der Waals surface area contributed by atoms with Gasteiger partial charge in [-0.15, -0.1) is 0 Å². The summed E-state index contributed by atoms with van der Waals surface area (Å²) in [6, 6.07) is 6.69. The number of carbonyl (C=O) groups is 4. The van der Waals surface area contributed by atoms with Gasteiger partial charge in [-0.05, 0) is 20.8 Å².